The highest BCUT2D eigenvalue weighted by molar-refractivity contribution is 6.98. The summed E-state index contributed by atoms with van der Waals surface area (Å²) < 4.78 is 0. The van der Waals surface area contributed by atoms with E-state index >= 15 is 0 Å². The summed E-state index contributed by atoms with van der Waals surface area (Å²) in [5, 5.41) is 0. The molecule has 7 aromatic rings. The van der Waals surface area contributed by atoms with Gasteiger partial charge in [-0.2, -0.15) is 0 Å². The van der Waals surface area contributed by atoms with Crippen molar-refractivity contribution in [2.45, 2.75) is 27.2 Å². The van der Waals surface area contributed by atoms with Crippen LogP contribution in [-0.2, 0) is 6.42 Å². The fourth-order valence-corrected chi connectivity index (χ4v) is 7.46. The standard InChI is InChI=1S/C44H36BN3/c1-30-26-31(2)44(32(3)27-30)45-38-20-10-11-23-42(38)48(37-18-8-5-9-19-37)43-28-34(24-25-39(43)45)41-22-13-17-36(47-41)29-35-16-12-21-40(46-35)33-14-6-4-7-15-33/h4-28H,29H2,1-3H3. The third kappa shape index (κ3) is 5.50. The van der Waals surface area contributed by atoms with Gasteiger partial charge in [-0.15, -0.1) is 0 Å². The molecule has 0 spiro atoms. The molecule has 5 aromatic carbocycles. The number of hydrogen-bond acceptors (Lipinski definition) is 3. The molecule has 0 fully saturated rings. The van der Waals surface area contributed by atoms with Gasteiger partial charge >= 0.3 is 0 Å². The molecule has 3 heterocycles. The first kappa shape index (κ1) is 29.7. The predicted octanol–water partition coefficient (Wildman–Crippen LogP) is 8.63. The van der Waals surface area contributed by atoms with E-state index in [0.717, 1.165) is 39.6 Å². The summed E-state index contributed by atoms with van der Waals surface area (Å²) >= 11 is 0. The second kappa shape index (κ2) is 12.5. The van der Waals surface area contributed by atoms with Crippen LogP contribution in [0.15, 0.2) is 152 Å². The van der Waals surface area contributed by atoms with Gasteiger partial charge < -0.3 is 4.90 Å². The summed E-state index contributed by atoms with van der Waals surface area (Å²) in [5.74, 6) is 0. The van der Waals surface area contributed by atoms with Crippen LogP contribution in [0.1, 0.15) is 28.1 Å². The fraction of sp³-hybridized carbons (Fsp3) is 0.0909. The molecule has 4 heteroatoms. The van der Waals surface area contributed by atoms with Crippen molar-refractivity contribution in [3.63, 3.8) is 0 Å². The number of aromatic nitrogens is 2. The summed E-state index contributed by atoms with van der Waals surface area (Å²) in [4.78, 5) is 12.6. The second-order valence-corrected chi connectivity index (χ2v) is 12.8. The van der Waals surface area contributed by atoms with Crippen molar-refractivity contribution >= 4 is 40.2 Å². The van der Waals surface area contributed by atoms with Gasteiger partial charge in [-0.1, -0.05) is 125 Å². The third-order valence-electron chi connectivity index (χ3n) is 9.45. The number of rotatable bonds is 6. The number of benzene rings is 5. The topological polar surface area (TPSA) is 29.0 Å². The molecule has 230 valence electrons. The lowest BCUT2D eigenvalue weighted by molar-refractivity contribution is 1.02. The van der Waals surface area contributed by atoms with Gasteiger partial charge in [0.05, 0.1) is 11.4 Å². The van der Waals surface area contributed by atoms with E-state index in [4.69, 9.17) is 9.97 Å². The molecule has 0 atom stereocenters. The zero-order chi connectivity index (χ0) is 32.6. The normalized spacial score (nSPS) is 12.1. The monoisotopic (exact) mass is 617 g/mol. The Hall–Kier alpha value is -5.74. The van der Waals surface area contributed by atoms with E-state index in [1.165, 1.54) is 44.5 Å². The van der Waals surface area contributed by atoms with Gasteiger partial charge in [0, 0.05) is 46.0 Å². The number of anilines is 3. The van der Waals surface area contributed by atoms with Crippen LogP contribution >= 0.6 is 0 Å². The lowest BCUT2D eigenvalue weighted by Crippen LogP contribution is -2.58. The Labute approximate surface area is 283 Å². The molecule has 0 bridgehead atoms. The SMILES string of the molecule is Cc1cc(C)c(B2c3ccccc3N(c3ccccc3)c3cc(-c4cccc(Cc5cccc(-c6ccccc6)n5)n4)ccc32)c(C)c1. The maximum absolute atomic E-state index is 5.19. The molecule has 1 aliphatic heterocycles. The molecule has 0 aliphatic carbocycles. The number of fused-ring (bicyclic) bond motifs is 2. The summed E-state index contributed by atoms with van der Waals surface area (Å²) in [5.41, 5.74) is 17.7. The Morgan fingerprint density at radius 2 is 1.08 bits per heavy atom. The van der Waals surface area contributed by atoms with E-state index in [0.29, 0.717) is 6.42 Å². The van der Waals surface area contributed by atoms with Crippen molar-refractivity contribution in [3.8, 4) is 22.5 Å². The van der Waals surface area contributed by atoms with Gasteiger partial charge in [-0.05, 0) is 80.2 Å². The number of nitrogens with zero attached hydrogens (tertiary/aromatic N) is 3. The maximum Gasteiger partial charge on any atom is 0.247 e. The average molecular weight is 618 g/mol. The molecule has 3 nitrogen and oxygen atoms in total. The number of para-hydroxylation sites is 2. The van der Waals surface area contributed by atoms with E-state index in [-0.39, 0.29) is 6.71 Å². The first-order valence-corrected chi connectivity index (χ1v) is 16.7. The third-order valence-corrected chi connectivity index (χ3v) is 9.45. The summed E-state index contributed by atoms with van der Waals surface area (Å²) in [6.45, 7) is 6.82. The Kier molecular flexibility index (Phi) is 7.70. The van der Waals surface area contributed by atoms with Gasteiger partial charge in [-0.3, -0.25) is 9.97 Å². The van der Waals surface area contributed by atoms with Crippen molar-refractivity contribution in [3.05, 3.63) is 180 Å². The van der Waals surface area contributed by atoms with Crippen molar-refractivity contribution in [1.82, 2.24) is 9.97 Å². The second-order valence-electron chi connectivity index (χ2n) is 12.8. The molecule has 8 rings (SSSR count). The van der Waals surface area contributed by atoms with Gasteiger partial charge in [0.2, 0.25) is 6.71 Å². The van der Waals surface area contributed by atoms with Crippen molar-refractivity contribution in [2.24, 2.45) is 0 Å². The van der Waals surface area contributed by atoms with Crippen LogP contribution in [0.3, 0.4) is 0 Å². The van der Waals surface area contributed by atoms with Crippen LogP contribution in [0.4, 0.5) is 17.1 Å². The molecule has 0 N–H and O–H groups in total. The van der Waals surface area contributed by atoms with Crippen molar-refractivity contribution in [1.29, 1.82) is 0 Å². The van der Waals surface area contributed by atoms with Crippen LogP contribution in [0.5, 0.6) is 0 Å². The zero-order valence-corrected chi connectivity index (χ0v) is 27.6. The molecule has 48 heavy (non-hydrogen) atoms. The zero-order valence-electron chi connectivity index (χ0n) is 27.6. The predicted molar refractivity (Wildman–Crippen MR) is 202 cm³/mol. The number of pyridine rings is 2. The minimum Gasteiger partial charge on any atom is -0.312 e. The highest BCUT2D eigenvalue weighted by atomic mass is 15.1. The minimum atomic E-state index is 0.119. The van der Waals surface area contributed by atoms with Crippen LogP contribution in [0.2, 0.25) is 0 Å². The molecular formula is C44H36BN3. The Morgan fingerprint density at radius 1 is 0.500 bits per heavy atom. The first-order valence-electron chi connectivity index (χ1n) is 16.7. The van der Waals surface area contributed by atoms with Crippen molar-refractivity contribution in [2.75, 3.05) is 4.90 Å². The summed E-state index contributed by atoms with van der Waals surface area (Å²) in [7, 11) is 0. The average Bonchev–Trinajstić information content (AvgIpc) is 3.12. The molecule has 0 radical (unpaired) electrons. The molecule has 2 aromatic heterocycles. The highest BCUT2D eigenvalue weighted by Crippen LogP contribution is 2.37. The lowest BCUT2D eigenvalue weighted by Gasteiger charge is -2.38. The fourth-order valence-electron chi connectivity index (χ4n) is 7.46. The van der Waals surface area contributed by atoms with Gasteiger partial charge in [0.1, 0.15) is 0 Å². The molecular weight excluding hydrogens is 581 g/mol. The first-order chi connectivity index (χ1) is 23.5. The van der Waals surface area contributed by atoms with E-state index < -0.39 is 0 Å². The lowest BCUT2D eigenvalue weighted by atomic mass is 9.34. The van der Waals surface area contributed by atoms with Crippen LogP contribution in [-0.4, -0.2) is 16.7 Å². The molecule has 0 amide bonds. The number of hydrogen-bond donors (Lipinski definition) is 0. The number of aryl methyl sites for hydroxylation is 3. The van der Waals surface area contributed by atoms with Crippen LogP contribution in [0.25, 0.3) is 22.5 Å². The molecule has 1 aliphatic rings. The molecule has 0 saturated heterocycles. The van der Waals surface area contributed by atoms with E-state index in [2.05, 4.69) is 171 Å². The summed E-state index contributed by atoms with van der Waals surface area (Å²) in [6.07, 6.45) is 0.664. The van der Waals surface area contributed by atoms with Crippen LogP contribution in [0, 0.1) is 20.8 Å². The van der Waals surface area contributed by atoms with Crippen molar-refractivity contribution < 1.29 is 0 Å². The highest BCUT2D eigenvalue weighted by Gasteiger charge is 2.36. The van der Waals surface area contributed by atoms with E-state index in [9.17, 15) is 0 Å². The summed E-state index contributed by atoms with van der Waals surface area (Å²) in [6, 6.07) is 54.1. The minimum absolute atomic E-state index is 0.119. The van der Waals surface area contributed by atoms with Gasteiger partial charge in [0.15, 0.2) is 0 Å². The quantitative estimate of drug-likeness (QED) is 0.175. The van der Waals surface area contributed by atoms with Gasteiger partial charge in [-0.25, -0.2) is 0 Å². The largest absolute Gasteiger partial charge is 0.312 e. The Balaban J connectivity index is 1.24. The van der Waals surface area contributed by atoms with E-state index in [1.807, 2.05) is 6.07 Å². The Bertz CT molecular complexity index is 2240. The molecule has 0 saturated carbocycles. The smallest absolute Gasteiger partial charge is 0.247 e. The van der Waals surface area contributed by atoms with E-state index in [1.54, 1.807) is 0 Å². The molecule has 0 unspecified atom stereocenters. The van der Waals surface area contributed by atoms with Crippen LogP contribution < -0.4 is 21.3 Å². The van der Waals surface area contributed by atoms with Gasteiger partial charge in [0.25, 0.3) is 0 Å². The Morgan fingerprint density at radius 3 is 1.77 bits per heavy atom. The maximum atomic E-state index is 5.19.